The van der Waals surface area contributed by atoms with Crippen LogP contribution in [-0.2, 0) is 9.54 Å². The number of hydrogen-bond donors (Lipinski definition) is 0. The summed E-state index contributed by atoms with van der Waals surface area (Å²) >= 11 is 1.82. The Kier molecular flexibility index (Phi) is 3.76. The average molecular weight is 373 g/mol. The van der Waals surface area contributed by atoms with Crippen molar-refractivity contribution < 1.29 is 9.53 Å². The molecular formula is C23H19NO2S. The van der Waals surface area contributed by atoms with Gasteiger partial charge in [-0.2, -0.15) is 0 Å². The largest absolute Gasteiger partial charge is 0.478 e. The lowest BCUT2D eigenvalue weighted by Crippen LogP contribution is -2.74. The van der Waals surface area contributed by atoms with Gasteiger partial charge in [-0.3, -0.25) is 9.69 Å². The Bertz CT molecular complexity index is 992. The average Bonchev–Trinajstić information content (AvgIpc) is 2.72. The molecule has 3 aromatic carbocycles. The van der Waals surface area contributed by atoms with Gasteiger partial charge in [0.15, 0.2) is 6.10 Å². The summed E-state index contributed by atoms with van der Waals surface area (Å²) in [6.45, 7) is 2.22. The van der Waals surface area contributed by atoms with Crippen LogP contribution >= 0.6 is 11.8 Å². The van der Waals surface area contributed by atoms with E-state index in [9.17, 15) is 4.79 Å². The molecule has 3 nitrogen and oxygen atoms in total. The first-order chi connectivity index (χ1) is 13.2. The lowest BCUT2D eigenvalue weighted by molar-refractivity contribution is -0.136. The van der Waals surface area contributed by atoms with E-state index in [0.717, 1.165) is 16.3 Å². The molecule has 2 aliphatic rings. The van der Waals surface area contributed by atoms with Gasteiger partial charge in [-0.05, 0) is 36.8 Å². The molecule has 3 atom stereocenters. The van der Waals surface area contributed by atoms with Crippen LogP contribution in [0.3, 0.4) is 0 Å². The summed E-state index contributed by atoms with van der Waals surface area (Å²) in [7, 11) is 0. The summed E-state index contributed by atoms with van der Waals surface area (Å²) in [6, 6.07) is 28.1. The van der Waals surface area contributed by atoms with E-state index in [1.54, 1.807) is 0 Å². The van der Waals surface area contributed by atoms with Crippen molar-refractivity contribution in [3.05, 3.63) is 90.5 Å². The zero-order valence-corrected chi connectivity index (χ0v) is 15.7. The van der Waals surface area contributed by atoms with Crippen molar-refractivity contribution in [2.45, 2.75) is 28.7 Å². The van der Waals surface area contributed by atoms with Crippen LogP contribution in [0.15, 0.2) is 89.8 Å². The molecule has 0 aliphatic carbocycles. The van der Waals surface area contributed by atoms with Crippen molar-refractivity contribution >= 4 is 23.4 Å². The predicted molar refractivity (Wildman–Crippen MR) is 108 cm³/mol. The summed E-state index contributed by atoms with van der Waals surface area (Å²) < 4.78 is 5.87. The molecule has 0 bridgehead atoms. The van der Waals surface area contributed by atoms with Crippen molar-refractivity contribution in [2.24, 2.45) is 0 Å². The second-order valence-electron chi connectivity index (χ2n) is 7.05. The molecule has 0 saturated carbocycles. The van der Waals surface area contributed by atoms with Crippen LogP contribution in [0.25, 0.3) is 0 Å². The number of para-hydroxylation sites is 2. The van der Waals surface area contributed by atoms with E-state index < -0.39 is 6.10 Å². The standard InChI is InChI=1S/C23H19NO2S/c1-23(16-10-4-2-5-11-16)21-20(26-17-12-6-3-7-13-17)22(25)24(21)18-14-8-9-15-19(18)27-23/h2-15,20-21H,1H3/t20-,21+,23?/m0/s1. The Hall–Kier alpha value is -2.72. The molecule has 4 heteroatoms. The summed E-state index contributed by atoms with van der Waals surface area (Å²) in [5.41, 5.74) is 2.19. The highest BCUT2D eigenvalue weighted by molar-refractivity contribution is 8.00. The van der Waals surface area contributed by atoms with E-state index in [1.807, 2.05) is 71.3 Å². The number of ether oxygens (including phenoxy) is 1. The number of rotatable bonds is 3. The monoisotopic (exact) mass is 373 g/mol. The molecule has 3 aromatic rings. The first-order valence-electron chi connectivity index (χ1n) is 9.07. The van der Waals surface area contributed by atoms with Gasteiger partial charge in [0.2, 0.25) is 0 Å². The third kappa shape index (κ3) is 2.47. The van der Waals surface area contributed by atoms with E-state index >= 15 is 0 Å². The molecule has 1 amide bonds. The van der Waals surface area contributed by atoms with Crippen LogP contribution in [0.5, 0.6) is 5.75 Å². The zero-order chi connectivity index (χ0) is 18.4. The second-order valence-corrected chi connectivity index (χ2v) is 8.54. The maximum atomic E-state index is 13.1. The van der Waals surface area contributed by atoms with Crippen molar-refractivity contribution in [3.63, 3.8) is 0 Å². The number of carbonyl (C=O) groups excluding carboxylic acids is 1. The fourth-order valence-electron chi connectivity index (χ4n) is 4.06. The first kappa shape index (κ1) is 16.5. The molecule has 1 saturated heterocycles. The van der Waals surface area contributed by atoms with E-state index in [-0.39, 0.29) is 16.7 Å². The fourth-order valence-corrected chi connectivity index (χ4v) is 5.53. The molecule has 0 spiro atoms. The van der Waals surface area contributed by atoms with Crippen LogP contribution < -0.4 is 9.64 Å². The highest BCUT2D eigenvalue weighted by Gasteiger charge is 2.62. The predicted octanol–water partition coefficient (Wildman–Crippen LogP) is 4.87. The maximum Gasteiger partial charge on any atom is 0.270 e. The topological polar surface area (TPSA) is 29.5 Å². The minimum Gasteiger partial charge on any atom is -0.478 e. The van der Waals surface area contributed by atoms with Crippen molar-refractivity contribution in [3.8, 4) is 5.75 Å². The van der Waals surface area contributed by atoms with E-state index in [2.05, 4.69) is 37.3 Å². The third-order valence-corrected chi connectivity index (χ3v) is 6.88. The zero-order valence-electron chi connectivity index (χ0n) is 14.9. The fraction of sp³-hybridized carbons (Fsp3) is 0.174. The van der Waals surface area contributed by atoms with E-state index in [1.165, 1.54) is 5.56 Å². The Labute approximate surface area is 163 Å². The molecule has 0 N–H and O–H groups in total. The smallest absolute Gasteiger partial charge is 0.270 e. The molecule has 0 aromatic heterocycles. The van der Waals surface area contributed by atoms with Gasteiger partial charge in [0.05, 0.1) is 10.4 Å². The van der Waals surface area contributed by atoms with Crippen LogP contribution in [0.2, 0.25) is 0 Å². The number of anilines is 1. The van der Waals surface area contributed by atoms with Crippen LogP contribution in [0.1, 0.15) is 12.5 Å². The summed E-state index contributed by atoms with van der Waals surface area (Å²) in [4.78, 5) is 16.1. The van der Waals surface area contributed by atoms with Crippen LogP contribution in [0, 0.1) is 0 Å². The molecular weight excluding hydrogens is 354 g/mol. The summed E-state index contributed by atoms with van der Waals surface area (Å²) in [5, 5.41) is 0. The van der Waals surface area contributed by atoms with Gasteiger partial charge in [-0.15, -0.1) is 11.8 Å². The van der Waals surface area contributed by atoms with Gasteiger partial charge < -0.3 is 4.74 Å². The van der Waals surface area contributed by atoms with Gasteiger partial charge in [-0.25, -0.2) is 0 Å². The molecule has 1 fully saturated rings. The summed E-state index contributed by atoms with van der Waals surface area (Å²) in [5.74, 6) is 0.758. The Balaban J connectivity index is 1.60. The van der Waals surface area contributed by atoms with Crippen molar-refractivity contribution in [2.75, 3.05) is 4.90 Å². The second kappa shape index (κ2) is 6.17. The third-order valence-electron chi connectivity index (χ3n) is 5.41. The normalized spacial score (nSPS) is 26.0. The number of amides is 1. The lowest BCUT2D eigenvalue weighted by atomic mass is 9.80. The van der Waals surface area contributed by atoms with Gasteiger partial charge in [0.1, 0.15) is 11.8 Å². The summed E-state index contributed by atoms with van der Waals surface area (Å²) in [6.07, 6.45) is -0.488. The first-order valence-corrected chi connectivity index (χ1v) is 9.88. The molecule has 2 heterocycles. The van der Waals surface area contributed by atoms with Gasteiger partial charge >= 0.3 is 0 Å². The Morgan fingerprint density at radius 2 is 1.52 bits per heavy atom. The van der Waals surface area contributed by atoms with Gasteiger partial charge in [-0.1, -0.05) is 60.7 Å². The molecule has 5 rings (SSSR count). The van der Waals surface area contributed by atoms with E-state index in [0.29, 0.717) is 0 Å². The number of hydrogen-bond acceptors (Lipinski definition) is 3. The van der Waals surface area contributed by atoms with Crippen molar-refractivity contribution in [1.29, 1.82) is 0 Å². The number of thioether (sulfide) groups is 1. The highest BCUT2D eigenvalue weighted by Crippen LogP contribution is 2.57. The Morgan fingerprint density at radius 3 is 2.26 bits per heavy atom. The minimum absolute atomic E-state index is 0.0266. The quantitative estimate of drug-likeness (QED) is 0.614. The minimum atomic E-state index is -0.488. The number of fused-ring (bicyclic) bond motifs is 3. The molecule has 0 radical (unpaired) electrons. The van der Waals surface area contributed by atoms with Gasteiger partial charge in [0.25, 0.3) is 5.91 Å². The SMILES string of the molecule is CC1(c2ccccc2)Sc2ccccc2N2C(=O)[C@@H](Oc3ccccc3)[C@@H]21. The lowest BCUT2D eigenvalue weighted by Gasteiger charge is -2.57. The number of nitrogens with zero attached hydrogens (tertiary/aromatic N) is 1. The molecule has 1 unspecified atom stereocenters. The maximum absolute atomic E-state index is 13.1. The number of benzene rings is 3. The highest BCUT2D eigenvalue weighted by atomic mass is 32.2. The Morgan fingerprint density at radius 1 is 0.889 bits per heavy atom. The van der Waals surface area contributed by atoms with Crippen LogP contribution in [-0.4, -0.2) is 18.1 Å². The number of β-lactam (4-membered cyclic amide) rings is 1. The van der Waals surface area contributed by atoms with E-state index in [4.69, 9.17) is 4.74 Å². The molecule has 2 aliphatic heterocycles. The molecule has 27 heavy (non-hydrogen) atoms. The van der Waals surface area contributed by atoms with Crippen LogP contribution in [0.4, 0.5) is 5.69 Å². The van der Waals surface area contributed by atoms with Crippen molar-refractivity contribution in [1.82, 2.24) is 0 Å². The molecule has 134 valence electrons. The number of carbonyl (C=O) groups is 1. The van der Waals surface area contributed by atoms with Gasteiger partial charge in [0, 0.05) is 4.90 Å².